The fraction of sp³-hybridized carbons (Fsp3) is 0.0870. The molecular formula is C23H19N3O4S. The van der Waals surface area contributed by atoms with Crippen LogP contribution in [0.15, 0.2) is 70.7 Å². The minimum Gasteiger partial charge on any atom is -0.508 e. The van der Waals surface area contributed by atoms with Gasteiger partial charge in [0, 0.05) is 24.6 Å². The van der Waals surface area contributed by atoms with E-state index < -0.39 is 5.97 Å². The van der Waals surface area contributed by atoms with Gasteiger partial charge >= 0.3 is 5.97 Å². The molecule has 0 atom stereocenters. The Bertz CT molecular complexity index is 1240. The van der Waals surface area contributed by atoms with Crippen molar-refractivity contribution in [3.8, 4) is 11.4 Å². The number of amides is 1. The van der Waals surface area contributed by atoms with Gasteiger partial charge in [0.2, 0.25) is 0 Å². The van der Waals surface area contributed by atoms with Gasteiger partial charge in [-0.3, -0.25) is 9.69 Å². The Morgan fingerprint density at radius 2 is 1.84 bits per heavy atom. The zero-order valence-electron chi connectivity index (χ0n) is 16.8. The second kappa shape index (κ2) is 8.16. The van der Waals surface area contributed by atoms with E-state index in [0.29, 0.717) is 21.3 Å². The maximum Gasteiger partial charge on any atom is 0.336 e. The number of thioether (sulfide) groups is 1. The number of hydrogen-bond donors (Lipinski definition) is 2. The predicted molar refractivity (Wildman–Crippen MR) is 121 cm³/mol. The molecule has 31 heavy (non-hydrogen) atoms. The summed E-state index contributed by atoms with van der Waals surface area (Å²) in [5.74, 6) is -1.02. The van der Waals surface area contributed by atoms with Crippen molar-refractivity contribution in [3.05, 3.63) is 82.5 Å². The minimum absolute atomic E-state index is 0.182. The van der Waals surface area contributed by atoms with E-state index >= 15 is 0 Å². The standard InChI is InChI=1S/C23H19N3O4S/c1-14-18(22(29)30)6-3-7-19(14)24-23-25(2)21(28)20(31-23)13-16-5-4-12-26(16)15-8-10-17(27)11-9-15/h3-13,27H,1-2H3,(H,29,30)/b20-13-,24-23?. The Kier molecular flexibility index (Phi) is 5.39. The molecule has 0 aliphatic carbocycles. The molecule has 4 rings (SSSR count). The normalized spacial score (nSPS) is 16.5. The number of benzene rings is 2. The second-order valence-corrected chi connectivity index (χ2v) is 7.95. The lowest BCUT2D eigenvalue weighted by atomic mass is 10.1. The van der Waals surface area contributed by atoms with Crippen molar-refractivity contribution < 1.29 is 19.8 Å². The molecule has 1 amide bonds. The summed E-state index contributed by atoms with van der Waals surface area (Å²) in [7, 11) is 1.64. The predicted octanol–water partition coefficient (Wildman–Crippen LogP) is 4.42. The van der Waals surface area contributed by atoms with Crippen molar-refractivity contribution >= 4 is 40.6 Å². The number of aromatic hydroxyl groups is 1. The molecule has 0 radical (unpaired) electrons. The van der Waals surface area contributed by atoms with E-state index in [1.54, 1.807) is 56.4 Å². The molecule has 1 saturated heterocycles. The van der Waals surface area contributed by atoms with Crippen LogP contribution in [0.1, 0.15) is 21.6 Å². The van der Waals surface area contributed by atoms with Crippen molar-refractivity contribution in [2.45, 2.75) is 6.92 Å². The van der Waals surface area contributed by atoms with Gasteiger partial charge < -0.3 is 14.8 Å². The number of hydrogen-bond acceptors (Lipinski definition) is 5. The molecular weight excluding hydrogens is 414 g/mol. The van der Waals surface area contributed by atoms with Crippen LogP contribution in [0.4, 0.5) is 5.69 Å². The van der Waals surface area contributed by atoms with E-state index in [-0.39, 0.29) is 17.2 Å². The van der Waals surface area contributed by atoms with E-state index in [1.165, 1.54) is 22.7 Å². The lowest BCUT2D eigenvalue weighted by Crippen LogP contribution is -2.23. The van der Waals surface area contributed by atoms with Gasteiger partial charge in [-0.1, -0.05) is 6.07 Å². The van der Waals surface area contributed by atoms with E-state index in [9.17, 15) is 19.8 Å². The number of amidine groups is 1. The van der Waals surface area contributed by atoms with Gasteiger partial charge in [-0.05, 0) is 78.9 Å². The quantitative estimate of drug-likeness (QED) is 0.594. The summed E-state index contributed by atoms with van der Waals surface area (Å²) in [5, 5.41) is 19.3. The molecule has 1 aliphatic heterocycles. The van der Waals surface area contributed by atoms with Crippen LogP contribution >= 0.6 is 11.8 Å². The van der Waals surface area contributed by atoms with Crippen LogP contribution in [-0.4, -0.2) is 43.8 Å². The number of carboxylic acid groups (broad SMARTS) is 1. The van der Waals surface area contributed by atoms with Crippen LogP contribution in [0.25, 0.3) is 11.8 Å². The molecule has 8 heteroatoms. The molecule has 2 aromatic carbocycles. The lowest BCUT2D eigenvalue weighted by Gasteiger charge is -2.09. The first-order chi connectivity index (χ1) is 14.8. The number of carbonyl (C=O) groups is 2. The number of aromatic carboxylic acids is 1. The van der Waals surface area contributed by atoms with E-state index in [0.717, 1.165) is 11.4 Å². The zero-order chi connectivity index (χ0) is 22.1. The molecule has 7 nitrogen and oxygen atoms in total. The maximum atomic E-state index is 12.8. The number of phenols is 1. The first-order valence-electron chi connectivity index (χ1n) is 9.41. The van der Waals surface area contributed by atoms with Gasteiger partial charge in [0.1, 0.15) is 5.75 Å². The minimum atomic E-state index is -1.02. The van der Waals surface area contributed by atoms with Crippen molar-refractivity contribution in [3.63, 3.8) is 0 Å². The topological polar surface area (TPSA) is 95.1 Å². The van der Waals surface area contributed by atoms with Gasteiger partial charge in [0.25, 0.3) is 5.91 Å². The zero-order valence-corrected chi connectivity index (χ0v) is 17.6. The summed E-state index contributed by atoms with van der Waals surface area (Å²) in [6.45, 7) is 1.70. The largest absolute Gasteiger partial charge is 0.508 e. The first-order valence-corrected chi connectivity index (χ1v) is 10.2. The smallest absolute Gasteiger partial charge is 0.336 e. The Morgan fingerprint density at radius 3 is 2.55 bits per heavy atom. The number of phenolic OH excluding ortho intramolecular Hbond substituents is 1. The number of nitrogens with zero attached hydrogens (tertiary/aromatic N) is 3. The molecule has 0 spiro atoms. The molecule has 1 aromatic heterocycles. The highest BCUT2D eigenvalue weighted by molar-refractivity contribution is 8.18. The molecule has 1 aliphatic rings. The van der Waals surface area contributed by atoms with Gasteiger partial charge in [-0.2, -0.15) is 0 Å². The van der Waals surface area contributed by atoms with Gasteiger partial charge in [-0.15, -0.1) is 0 Å². The summed E-state index contributed by atoms with van der Waals surface area (Å²) in [6.07, 6.45) is 3.67. The number of rotatable bonds is 4. The van der Waals surface area contributed by atoms with Crippen LogP contribution in [-0.2, 0) is 4.79 Å². The van der Waals surface area contributed by atoms with Crippen LogP contribution in [0.5, 0.6) is 5.75 Å². The summed E-state index contributed by atoms with van der Waals surface area (Å²) in [5.41, 5.74) is 2.90. The second-order valence-electron chi connectivity index (χ2n) is 6.94. The van der Waals surface area contributed by atoms with Crippen LogP contribution in [0.2, 0.25) is 0 Å². The third-order valence-electron chi connectivity index (χ3n) is 4.94. The first kappa shape index (κ1) is 20.5. The number of carboxylic acids is 1. The highest BCUT2D eigenvalue weighted by Crippen LogP contribution is 2.34. The van der Waals surface area contributed by atoms with E-state index in [2.05, 4.69) is 4.99 Å². The van der Waals surface area contributed by atoms with Gasteiger partial charge in [0.05, 0.1) is 16.2 Å². The van der Waals surface area contributed by atoms with Crippen molar-refractivity contribution in [1.82, 2.24) is 9.47 Å². The summed E-state index contributed by atoms with van der Waals surface area (Å²) >= 11 is 1.24. The average Bonchev–Trinajstić information content (AvgIpc) is 3.30. The number of aliphatic imine (C=N–C) groups is 1. The fourth-order valence-electron chi connectivity index (χ4n) is 3.23. The monoisotopic (exact) mass is 433 g/mol. The highest BCUT2D eigenvalue weighted by Gasteiger charge is 2.31. The Morgan fingerprint density at radius 1 is 1.10 bits per heavy atom. The summed E-state index contributed by atoms with van der Waals surface area (Å²) in [6, 6.07) is 15.5. The molecule has 1 fully saturated rings. The summed E-state index contributed by atoms with van der Waals surface area (Å²) < 4.78 is 1.91. The van der Waals surface area contributed by atoms with Gasteiger partial charge in [-0.25, -0.2) is 9.79 Å². The SMILES string of the molecule is Cc1c(N=C2S/C(=C\c3cccn3-c3ccc(O)cc3)C(=O)N2C)cccc1C(=O)O. The average molecular weight is 433 g/mol. The number of carbonyl (C=O) groups excluding carboxylic acids is 1. The Balaban J connectivity index is 1.67. The van der Waals surface area contributed by atoms with Crippen molar-refractivity contribution in [2.24, 2.45) is 4.99 Å². The number of aromatic nitrogens is 1. The third-order valence-corrected chi connectivity index (χ3v) is 6.00. The molecule has 3 aromatic rings. The van der Waals surface area contributed by atoms with Gasteiger partial charge in [0.15, 0.2) is 5.17 Å². The molecule has 0 unspecified atom stereocenters. The Labute approximate surface area is 183 Å². The van der Waals surface area contributed by atoms with Crippen molar-refractivity contribution in [2.75, 3.05) is 7.05 Å². The summed E-state index contributed by atoms with van der Waals surface area (Å²) in [4.78, 5) is 30.7. The Hall–Kier alpha value is -3.78. The maximum absolute atomic E-state index is 12.8. The molecule has 156 valence electrons. The molecule has 2 N–H and O–H groups in total. The lowest BCUT2D eigenvalue weighted by molar-refractivity contribution is -0.121. The van der Waals surface area contributed by atoms with E-state index in [4.69, 9.17) is 0 Å². The van der Waals surface area contributed by atoms with Crippen molar-refractivity contribution in [1.29, 1.82) is 0 Å². The highest BCUT2D eigenvalue weighted by atomic mass is 32.2. The molecule has 0 saturated carbocycles. The fourth-order valence-corrected chi connectivity index (χ4v) is 4.19. The molecule has 2 heterocycles. The van der Waals surface area contributed by atoms with Crippen LogP contribution in [0.3, 0.4) is 0 Å². The van der Waals surface area contributed by atoms with Crippen LogP contribution in [0, 0.1) is 6.92 Å². The van der Waals surface area contributed by atoms with E-state index in [1.807, 2.05) is 22.9 Å². The van der Waals surface area contributed by atoms with Crippen LogP contribution < -0.4 is 0 Å². The molecule has 0 bridgehead atoms. The number of likely N-dealkylation sites (N-methyl/N-ethyl adjacent to an activating group) is 1. The third kappa shape index (κ3) is 3.97.